The lowest BCUT2D eigenvalue weighted by atomic mass is 10.0. The van der Waals surface area contributed by atoms with E-state index in [0.29, 0.717) is 17.4 Å². The first kappa shape index (κ1) is 13.3. The predicted octanol–water partition coefficient (Wildman–Crippen LogP) is 1.61. The maximum absolute atomic E-state index is 11.0. The molecule has 0 bridgehead atoms. The number of anilines is 2. The molecular weight excluding hydrogens is 216 g/mol. The van der Waals surface area contributed by atoms with Crippen LogP contribution in [0.4, 0.5) is 11.5 Å². The molecule has 0 spiro atoms. The molecular formula is C12H20N4O. The minimum atomic E-state index is -0.552. The molecule has 1 aromatic rings. The summed E-state index contributed by atoms with van der Waals surface area (Å²) >= 11 is 0. The SMILES string of the molecule is CCC(C)C(C)Nc1nc(C(N)=O)ccc1N. The van der Waals surface area contributed by atoms with E-state index in [4.69, 9.17) is 11.5 Å². The Kier molecular flexibility index (Phi) is 4.31. The summed E-state index contributed by atoms with van der Waals surface area (Å²) in [6, 6.07) is 3.40. The number of amides is 1. The fraction of sp³-hybridized carbons (Fsp3) is 0.500. The highest BCUT2D eigenvalue weighted by molar-refractivity contribution is 5.91. The third-order valence-corrected chi connectivity index (χ3v) is 3.04. The van der Waals surface area contributed by atoms with Gasteiger partial charge in [-0.05, 0) is 25.0 Å². The third-order valence-electron chi connectivity index (χ3n) is 3.04. The number of nitrogens with two attached hydrogens (primary N) is 2. The lowest BCUT2D eigenvalue weighted by Gasteiger charge is -2.21. The van der Waals surface area contributed by atoms with Crippen LogP contribution in [0.1, 0.15) is 37.7 Å². The van der Waals surface area contributed by atoms with Gasteiger partial charge in [0, 0.05) is 6.04 Å². The number of primary amides is 1. The zero-order chi connectivity index (χ0) is 13.0. The molecule has 0 aliphatic heterocycles. The highest BCUT2D eigenvalue weighted by Crippen LogP contribution is 2.19. The van der Waals surface area contributed by atoms with E-state index in [9.17, 15) is 4.79 Å². The van der Waals surface area contributed by atoms with Crippen LogP contribution in [0.15, 0.2) is 12.1 Å². The lowest BCUT2D eigenvalue weighted by molar-refractivity contribution is 0.0995. The number of carbonyl (C=O) groups is 1. The molecule has 0 aliphatic carbocycles. The van der Waals surface area contributed by atoms with Gasteiger partial charge in [-0.3, -0.25) is 4.79 Å². The summed E-state index contributed by atoms with van der Waals surface area (Å²) < 4.78 is 0. The van der Waals surface area contributed by atoms with Crippen LogP contribution in [0, 0.1) is 5.92 Å². The summed E-state index contributed by atoms with van der Waals surface area (Å²) in [7, 11) is 0. The van der Waals surface area contributed by atoms with Crippen molar-refractivity contribution in [2.24, 2.45) is 11.7 Å². The lowest BCUT2D eigenvalue weighted by Crippen LogP contribution is -2.25. The van der Waals surface area contributed by atoms with E-state index in [1.165, 1.54) is 6.07 Å². The highest BCUT2D eigenvalue weighted by Gasteiger charge is 2.13. The Morgan fingerprint density at radius 1 is 1.47 bits per heavy atom. The molecule has 0 aromatic carbocycles. The van der Waals surface area contributed by atoms with Crippen molar-refractivity contribution in [1.29, 1.82) is 0 Å². The van der Waals surface area contributed by atoms with Gasteiger partial charge in [0.2, 0.25) is 0 Å². The van der Waals surface area contributed by atoms with Crippen LogP contribution in [0.25, 0.3) is 0 Å². The standard InChI is InChI=1S/C12H20N4O/c1-4-7(2)8(3)15-12-9(13)5-6-10(16-12)11(14)17/h5-8H,4,13H2,1-3H3,(H2,14,17)(H,15,16). The quantitative estimate of drug-likeness (QED) is 0.724. The fourth-order valence-corrected chi connectivity index (χ4v) is 1.43. The number of hydrogen-bond donors (Lipinski definition) is 3. The monoisotopic (exact) mass is 236 g/mol. The normalized spacial score (nSPS) is 14.1. The van der Waals surface area contributed by atoms with Crippen LogP contribution in [0.2, 0.25) is 0 Å². The van der Waals surface area contributed by atoms with Crippen LogP contribution in [-0.2, 0) is 0 Å². The molecule has 1 heterocycles. The van der Waals surface area contributed by atoms with Gasteiger partial charge in [0.15, 0.2) is 0 Å². The molecule has 5 heteroatoms. The van der Waals surface area contributed by atoms with Gasteiger partial charge in [-0.25, -0.2) is 4.98 Å². The number of carbonyl (C=O) groups excluding carboxylic acids is 1. The molecule has 1 rings (SSSR count). The van der Waals surface area contributed by atoms with Gasteiger partial charge in [0.05, 0.1) is 5.69 Å². The molecule has 2 unspecified atom stereocenters. The summed E-state index contributed by atoms with van der Waals surface area (Å²) in [6.07, 6.45) is 1.06. The minimum absolute atomic E-state index is 0.220. The molecule has 1 amide bonds. The second-order valence-corrected chi connectivity index (χ2v) is 4.32. The van der Waals surface area contributed by atoms with Crippen LogP contribution >= 0.6 is 0 Å². The topological polar surface area (TPSA) is 94.0 Å². The van der Waals surface area contributed by atoms with E-state index in [-0.39, 0.29) is 11.7 Å². The van der Waals surface area contributed by atoms with Gasteiger partial charge < -0.3 is 16.8 Å². The van der Waals surface area contributed by atoms with E-state index < -0.39 is 5.91 Å². The van der Waals surface area contributed by atoms with Crippen LogP contribution in [0.5, 0.6) is 0 Å². The van der Waals surface area contributed by atoms with Gasteiger partial charge in [0.25, 0.3) is 5.91 Å². The molecule has 17 heavy (non-hydrogen) atoms. The second-order valence-electron chi connectivity index (χ2n) is 4.32. The van der Waals surface area contributed by atoms with Crippen molar-refractivity contribution < 1.29 is 4.79 Å². The Hall–Kier alpha value is -1.78. The average Bonchev–Trinajstić information content (AvgIpc) is 2.30. The van der Waals surface area contributed by atoms with E-state index >= 15 is 0 Å². The van der Waals surface area contributed by atoms with E-state index in [1.54, 1.807) is 6.07 Å². The predicted molar refractivity (Wildman–Crippen MR) is 69.7 cm³/mol. The first-order valence-corrected chi connectivity index (χ1v) is 5.78. The number of rotatable bonds is 5. The van der Waals surface area contributed by atoms with Gasteiger partial charge in [-0.1, -0.05) is 20.3 Å². The molecule has 94 valence electrons. The highest BCUT2D eigenvalue weighted by atomic mass is 16.1. The number of pyridine rings is 1. The molecule has 2 atom stereocenters. The number of hydrogen-bond acceptors (Lipinski definition) is 4. The Morgan fingerprint density at radius 2 is 2.12 bits per heavy atom. The molecule has 0 fully saturated rings. The van der Waals surface area contributed by atoms with Crippen molar-refractivity contribution >= 4 is 17.4 Å². The number of nitrogens with one attached hydrogen (secondary N) is 1. The van der Waals surface area contributed by atoms with E-state index in [0.717, 1.165) is 6.42 Å². The number of aromatic nitrogens is 1. The Bertz CT molecular complexity index is 405. The first-order chi connectivity index (χ1) is 7.95. The van der Waals surface area contributed by atoms with Gasteiger partial charge in [0.1, 0.15) is 11.5 Å². The first-order valence-electron chi connectivity index (χ1n) is 5.78. The Labute approximate surface area is 102 Å². The van der Waals surface area contributed by atoms with E-state index in [1.807, 2.05) is 0 Å². The summed E-state index contributed by atoms with van der Waals surface area (Å²) in [5.74, 6) is 0.465. The van der Waals surface area contributed by atoms with Crippen molar-refractivity contribution in [2.45, 2.75) is 33.2 Å². The van der Waals surface area contributed by atoms with E-state index in [2.05, 4.69) is 31.1 Å². The molecule has 0 aliphatic rings. The smallest absolute Gasteiger partial charge is 0.267 e. The van der Waals surface area contributed by atoms with Crippen molar-refractivity contribution in [3.05, 3.63) is 17.8 Å². The van der Waals surface area contributed by atoms with Gasteiger partial charge in [-0.2, -0.15) is 0 Å². The molecule has 5 N–H and O–H groups in total. The molecule has 0 saturated heterocycles. The zero-order valence-electron chi connectivity index (χ0n) is 10.5. The average molecular weight is 236 g/mol. The molecule has 0 saturated carbocycles. The minimum Gasteiger partial charge on any atom is -0.396 e. The van der Waals surface area contributed by atoms with Crippen molar-refractivity contribution in [3.8, 4) is 0 Å². The summed E-state index contributed by atoms with van der Waals surface area (Å²) in [5, 5.41) is 3.21. The molecule has 5 nitrogen and oxygen atoms in total. The van der Waals surface area contributed by atoms with Crippen molar-refractivity contribution in [1.82, 2.24) is 4.98 Å². The maximum atomic E-state index is 11.0. The van der Waals surface area contributed by atoms with Crippen LogP contribution < -0.4 is 16.8 Å². The summed E-state index contributed by atoms with van der Waals surface area (Å²) in [6.45, 7) is 6.33. The molecule has 1 aromatic heterocycles. The maximum Gasteiger partial charge on any atom is 0.267 e. The summed E-state index contributed by atoms with van der Waals surface area (Å²) in [4.78, 5) is 15.1. The zero-order valence-corrected chi connectivity index (χ0v) is 10.5. The third kappa shape index (κ3) is 3.34. The largest absolute Gasteiger partial charge is 0.396 e. The fourth-order valence-electron chi connectivity index (χ4n) is 1.43. The second kappa shape index (κ2) is 5.52. The van der Waals surface area contributed by atoms with Crippen molar-refractivity contribution in [2.75, 3.05) is 11.1 Å². The summed E-state index contributed by atoms with van der Waals surface area (Å²) in [5.41, 5.74) is 11.7. The van der Waals surface area contributed by atoms with Gasteiger partial charge in [-0.15, -0.1) is 0 Å². The Balaban J connectivity index is 2.89. The molecule has 0 radical (unpaired) electrons. The number of nitrogen functional groups attached to an aromatic ring is 1. The van der Waals surface area contributed by atoms with Crippen molar-refractivity contribution in [3.63, 3.8) is 0 Å². The Morgan fingerprint density at radius 3 is 2.65 bits per heavy atom. The van der Waals surface area contributed by atoms with Crippen LogP contribution in [-0.4, -0.2) is 16.9 Å². The van der Waals surface area contributed by atoms with Gasteiger partial charge >= 0.3 is 0 Å². The van der Waals surface area contributed by atoms with Crippen LogP contribution in [0.3, 0.4) is 0 Å². The number of nitrogens with zero attached hydrogens (tertiary/aromatic N) is 1.